The van der Waals surface area contributed by atoms with Gasteiger partial charge in [-0.25, -0.2) is 4.68 Å². The van der Waals surface area contributed by atoms with Gasteiger partial charge in [-0.15, -0.1) is 0 Å². The van der Waals surface area contributed by atoms with E-state index in [2.05, 4.69) is 47.9 Å². The molecule has 0 aliphatic carbocycles. The first-order valence-electron chi connectivity index (χ1n) is 10.7. The number of halogens is 2. The zero-order valence-corrected chi connectivity index (χ0v) is 22.4. The standard InChI is InChI=1S/C26H22Br2N4O3/c1-14-4-7-20(16(3)10-14)29-25(34)26(35)31-32-22-9-6-18(27)12-17(22)13-23(32)24(33)30-21-8-5-15(2)11-19(21)28/h4-13H,1-3H3,(H,29,34)(H,30,33)(H,31,35). The summed E-state index contributed by atoms with van der Waals surface area (Å²) in [6.07, 6.45) is 0. The van der Waals surface area contributed by atoms with E-state index in [1.807, 2.05) is 51.1 Å². The van der Waals surface area contributed by atoms with Crippen LogP contribution in [0.15, 0.2) is 69.6 Å². The van der Waals surface area contributed by atoms with Crippen molar-refractivity contribution in [2.75, 3.05) is 16.1 Å². The van der Waals surface area contributed by atoms with Crippen LogP contribution in [-0.4, -0.2) is 22.4 Å². The van der Waals surface area contributed by atoms with Gasteiger partial charge in [0.05, 0.1) is 11.2 Å². The molecular formula is C26H22Br2N4O3. The fourth-order valence-corrected chi connectivity index (χ4v) is 4.64. The van der Waals surface area contributed by atoms with Gasteiger partial charge >= 0.3 is 11.8 Å². The average molecular weight is 598 g/mol. The Hall–Kier alpha value is -3.43. The fraction of sp³-hybridized carbons (Fsp3) is 0.115. The molecule has 1 aromatic heterocycles. The zero-order valence-electron chi connectivity index (χ0n) is 19.2. The molecule has 35 heavy (non-hydrogen) atoms. The maximum atomic E-state index is 13.2. The summed E-state index contributed by atoms with van der Waals surface area (Å²) in [4.78, 5) is 38.7. The summed E-state index contributed by atoms with van der Waals surface area (Å²) in [5, 5.41) is 6.19. The molecule has 0 aliphatic heterocycles. The number of fused-ring (bicyclic) bond motifs is 1. The van der Waals surface area contributed by atoms with Gasteiger partial charge in [0.15, 0.2) is 0 Å². The minimum Gasteiger partial charge on any atom is -0.320 e. The van der Waals surface area contributed by atoms with E-state index in [1.165, 1.54) is 4.68 Å². The van der Waals surface area contributed by atoms with Crippen molar-refractivity contribution >= 4 is 71.9 Å². The Morgan fingerprint density at radius 1 is 0.743 bits per heavy atom. The van der Waals surface area contributed by atoms with Gasteiger partial charge in [-0.05, 0) is 90.3 Å². The van der Waals surface area contributed by atoms with E-state index in [0.717, 1.165) is 25.6 Å². The summed E-state index contributed by atoms with van der Waals surface area (Å²) in [6.45, 7) is 5.75. The van der Waals surface area contributed by atoms with E-state index in [1.54, 1.807) is 30.3 Å². The molecule has 1 heterocycles. The number of aromatic nitrogens is 1. The van der Waals surface area contributed by atoms with Crippen LogP contribution in [0.4, 0.5) is 11.4 Å². The van der Waals surface area contributed by atoms with Crippen molar-refractivity contribution in [1.82, 2.24) is 4.68 Å². The van der Waals surface area contributed by atoms with E-state index < -0.39 is 17.7 Å². The Morgan fingerprint density at radius 3 is 2.11 bits per heavy atom. The second-order valence-corrected chi connectivity index (χ2v) is 9.99. The van der Waals surface area contributed by atoms with Crippen LogP contribution >= 0.6 is 31.9 Å². The summed E-state index contributed by atoms with van der Waals surface area (Å²) >= 11 is 6.89. The second-order valence-electron chi connectivity index (χ2n) is 8.22. The topological polar surface area (TPSA) is 92.2 Å². The molecule has 3 aromatic carbocycles. The number of aryl methyl sites for hydroxylation is 3. The lowest BCUT2D eigenvalue weighted by Crippen LogP contribution is -2.36. The number of hydrogen-bond donors (Lipinski definition) is 3. The smallest absolute Gasteiger partial charge is 0.320 e. The third-order valence-corrected chi connectivity index (χ3v) is 6.57. The van der Waals surface area contributed by atoms with Crippen molar-refractivity contribution in [3.63, 3.8) is 0 Å². The maximum Gasteiger partial charge on any atom is 0.328 e. The number of benzene rings is 3. The molecule has 9 heteroatoms. The molecule has 0 fully saturated rings. The fourth-order valence-electron chi connectivity index (χ4n) is 3.67. The Labute approximate surface area is 219 Å². The average Bonchev–Trinajstić information content (AvgIpc) is 3.14. The maximum absolute atomic E-state index is 13.2. The highest BCUT2D eigenvalue weighted by atomic mass is 79.9. The van der Waals surface area contributed by atoms with Gasteiger partial charge in [-0.2, -0.15) is 0 Å². The molecule has 3 N–H and O–H groups in total. The normalized spacial score (nSPS) is 10.8. The lowest BCUT2D eigenvalue weighted by molar-refractivity contribution is -0.133. The monoisotopic (exact) mass is 596 g/mol. The van der Waals surface area contributed by atoms with Crippen LogP contribution in [0.5, 0.6) is 0 Å². The molecule has 0 aliphatic rings. The Balaban J connectivity index is 1.64. The Bertz CT molecular complexity index is 1490. The number of anilines is 2. The molecule has 3 amide bonds. The van der Waals surface area contributed by atoms with Gasteiger partial charge < -0.3 is 10.6 Å². The third-order valence-electron chi connectivity index (χ3n) is 5.42. The lowest BCUT2D eigenvalue weighted by Gasteiger charge is -2.14. The highest BCUT2D eigenvalue weighted by molar-refractivity contribution is 9.10. The largest absolute Gasteiger partial charge is 0.328 e. The molecule has 7 nitrogen and oxygen atoms in total. The van der Waals surface area contributed by atoms with E-state index >= 15 is 0 Å². The summed E-state index contributed by atoms with van der Waals surface area (Å²) in [5.41, 5.74) is 7.35. The lowest BCUT2D eigenvalue weighted by atomic mass is 10.1. The van der Waals surface area contributed by atoms with Gasteiger partial charge in [-0.1, -0.05) is 39.7 Å². The highest BCUT2D eigenvalue weighted by Gasteiger charge is 2.22. The van der Waals surface area contributed by atoms with E-state index in [0.29, 0.717) is 22.3 Å². The SMILES string of the molecule is Cc1ccc(NC(=O)C(=O)Nn2c(C(=O)Nc3ccc(C)cc3Br)cc3cc(Br)ccc32)c(C)c1. The molecule has 4 aromatic rings. The number of nitrogens with one attached hydrogen (secondary N) is 3. The van der Waals surface area contributed by atoms with Crippen molar-refractivity contribution in [3.8, 4) is 0 Å². The van der Waals surface area contributed by atoms with Crippen molar-refractivity contribution in [2.24, 2.45) is 0 Å². The number of rotatable bonds is 4. The predicted molar refractivity (Wildman–Crippen MR) is 145 cm³/mol. The highest BCUT2D eigenvalue weighted by Crippen LogP contribution is 2.27. The Kier molecular flexibility index (Phi) is 7.09. The van der Waals surface area contributed by atoms with Gasteiger partial charge in [0.1, 0.15) is 5.69 Å². The Morgan fingerprint density at radius 2 is 1.43 bits per heavy atom. The van der Waals surface area contributed by atoms with Gasteiger partial charge in [0, 0.05) is 20.0 Å². The summed E-state index contributed by atoms with van der Waals surface area (Å²) < 4.78 is 2.87. The molecule has 0 unspecified atom stereocenters. The third kappa shape index (κ3) is 5.47. The molecular weight excluding hydrogens is 576 g/mol. The van der Waals surface area contributed by atoms with Crippen molar-refractivity contribution in [2.45, 2.75) is 20.8 Å². The first kappa shape index (κ1) is 24.7. The van der Waals surface area contributed by atoms with Crippen molar-refractivity contribution in [1.29, 1.82) is 0 Å². The molecule has 0 atom stereocenters. The van der Waals surface area contributed by atoms with Gasteiger partial charge in [0.2, 0.25) is 0 Å². The molecule has 4 rings (SSSR count). The van der Waals surface area contributed by atoms with Crippen LogP contribution in [0.25, 0.3) is 10.9 Å². The minimum atomic E-state index is -0.907. The van der Waals surface area contributed by atoms with Crippen LogP contribution in [-0.2, 0) is 9.59 Å². The van der Waals surface area contributed by atoms with E-state index in [9.17, 15) is 14.4 Å². The first-order valence-corrected chi connectivity index (χ1v) is 12.3. The molecule has 178 valence electrons. The molecule has 0 saturated carbocycles. The first-order chi connectivity index (χ1) is 16.6. The predicted octanol–water partition coefficient (Wildman–Crippen LogP) is 6.05. The number of nitrogens with zero attached hydrogens (tertiary/aromatic N) is 1. The number of carbonyl (C=O) groups is 3. The number of carbonyl (C=O) groups excluding carboxylic acids is 3. The van der Waals surface area contributed by atoms with Gasteiger partial charge in [-0.3, -0.25) is 19.8 Å². The van der Waals surface area contributed by atoms with Crippen LogP contribution in [0.2, 0.25) is 0 Å². The summed E-state index contributed by atoms with van der Waals surface area (Å²) in [7, 11) is 0. The van der Waals surface area contributed by atoms with E-state index in [4.69, 9.17) is 0 Å². The van der Waals surface area contributed by atoms with Crippen LogP contribution in [0.3, 0.4) is 0 Å². The summed E-state index contributed by atoms with van der Waals surface area (Å²) in [6, 6.07) is 18.1. The van der Waals surface area contributed by atoms with Crippen molar-refractivity contribution in [3.05, 3.63) is 92.0 Å². The van der Waals surface area contributed by atoms with Crippen molar-refractivity contribution < 1.29 is 14.4 Å². The molecule has 0 bridgehead atoms. The number of amides is 3. The molecule has 0 radical (unpaired) electrons. The molecule has 0 spiro atoms. The second kappa shape index (κ2) is 10.1. The van der Waals surface area contributed by atoms with Crippen LogP contribution < -0.4 is 16.1 Å². The minimum absolute atomic E-state index is 0.165. The van der Waals surface area contributed by atoms with Crippen LogP contribution in [0.1, 0.15) is 27.2 Å². The number of hydrogen-bond acceptors (Lipinski definition) is 3. The molecule has 0 saturated heterocycles. The zero-order chi connectivity index (χ0) is 25.3. The quantitative estimate of drug-likeness (QED) is 0.250. The summed E-state index contributed by atoms with van der Waals surface area (Å²) in [5.74, 6) is -2.20. The van der Waals surface area contributed by atoms with Gasteiger partial charge in [0.25, 0.3) is 5.91 Å². The van der Waals surface area contributed by atoms with E-state index in [-0.39, 0.29) is 5.69 Å². The van der Waals surface area contributed by atoms with Crippen LogP contribution in [0, 0.1) is 20.8 Å².